The predicted octanol–water partition coefficient (Wildman–Crippen LogP) is 4.55. The topological polar surface area (TPSA) is 17.1 Å². The third kappa shape index (κ3) is 2.15. The van der Waals surface area contributed by atoms with Gasteiger partial charge < -0.3 is 0 Å². The molecule has 0 aliphatic heterocycles. The predicted molar refractivity (Wildman–Crippen MR) is 82.0 cm³/mol. The first kappa shape index (κ1) is 12.4. The number of carbonyl (C=O) groups excluding carboxylic acids is 1. The smallest absolute Gasteiger partial charge is 0.159 e. The number of fused-ring (bicyclic) bond motifs is 1. The van der Waals surface area contributed by atoms with E-state index in [0.29, 0.717) is 16.1 Å². The van der Waals surface area contributed by atoms with E-state index in [0.717, 1.165) is 24.8 Å². The van der Waals surface area contributed by atoms with Crippen LogP contribution in [-0.2, 0) is 11.2 Å². The molecular weight excluding hydrogens is 335 g/mol. The van der Waals surface area contributed by atoms with Gasteiger partial charge in [-0.25, -0.2) is 0 Å². The van der Waals surface area contributed by atoms with Crippen LogP contribution in [0.2, 0.25) is 0 Å². The number of aryl methyl sites for hydroxylation is 1. The summed E-state index contributed by atoms with van der Waals surface area (Å²) in [6, 6.07) is 8.63. The van der Waals surface area contributed by atoms with Crippen molar-refractivity contribution in [2.75, 3.05) is 0 Å². The van der Waals surface area contributed by atoms with E-state index in [9.17, 15) is 4.79 Å². The fourth-order valence-corrected chi connectivity index (χ4v) is 4.42. The maximum Gasteiger partial charge on any atom is 0.159 e. The van der Waals surface area contributed by atoms with E-state index < -0.39 is 0 Å². The standard InChI is InChI=1S/C16H17IO/c17-16-12-6-2-1-5-11(12)9-10-15(18)13-7-3-4-8-14(13)16/h1-2,5-6,16H,3-4,7-10H2. The van der Waals surface area contributed by atoms with Gasteiger partial charge in [0.1, 0.15) is 0 Å². The summed E-state index contributed by atoms with van der Waals surface area (Å²) in [4.78, 5) is 12.3. The number of alkyl halides is 1. The summed E-state index contributed by atoms with van der Waals surface area (Å²) in [6.45, 7) is 0. The van der Waals surface area contributed by atoms with Crippen molar-refractivity contribution in [2.45, 2.75) is 42.4 Å². The van der Waals surface area contributed by atoms with Gasteiger partial charge in [-0.15, -0.1) is 0 Å². The zero-order valence-corrected chi connectivity index (χ0v) is 12.6. The molecule has 0 saturated carbocycles. The van der Waals surface area contributed by atoms with Crippen LogP contribution in [0.1, 0.15) is 47.2 Å². The summed E-state index contributed by atoms with van der Waals surface area (Å²) in [5, 5.41) is 0. The van der Waals surface area contributed by atoms with Crippen molar-refractivity contribution in [1.29, 1.82) is 0 Å². The quantitative estimate of drug-likeness (QED) is 0.495. The van der Waals surface area contributed by atoms with Crippen LogP contribution in [-0.4, -0.2) is 5.78 Å². The van der Waals surface area contributed by atoms with Gasteiger partial charge in [0.25, 0.3) is 0 Å². The molecule has 2 aliphatic carbocycles. The van der Waals surface area contributed by atoms with Crippen molar-refractivity contribution in [2.24, 2.45) is 0 Å². The van der Waals surface area contributed by atoms with Crippen LogP contribution in [0, 0.1) is 0 Å². The van der Waals surface area contributed by atoms with Crippen LogP contribution in [0.5, 0.6) is 0 Å². The van der Waals surface area contributed by atoms with Gasteiger partial charge in [-0.3, -0.25) is 4.79 Å². The number of allylic oxidation sites excluding steroid dienone is 2. The molecule has 3 rings (SSSR count). The van der Waals surface area contributed by atoms with E-state index in [1.165, 1.54) is 29.5 Å². The summed E-state index contributed by atoms with van der Waals surface area (Å²) >= 11 is 2.52. The Bertz CT molecular complexity index is 516. The van der Waals surface area contributed by atoms with Crippen LogP contribution in [0.3, 0.4) is 0 Å². The van der Waals surface area contributed by atoms with E-state index in [2.05, 4.69) is 46.9 Å². The SMILES string of the molecule is O=C1CCc2ccccc2C(I)C2=C1CCCC2. The van der Waals surface area contributed by atoms with Crippen molar-refractivity contribution >= 4 is 28.4 Å². The maximum atomic E-state index is 12.3. The Morgan fingerprint density at radius 3 is 2.67 bits per heavy atom. The molecule has 0 amide bonds. The Balaban J connectivity index is 2.11. The van der Waals surface area contributed by atoms with Gasteiger partial charge >= 0.3 is 0 Å². The third-order valence-electron chi connectivity index (χ3n) is 4.10. The van der Waals surface area contributed by atoms with E-state index >= 15 is 0 Å². The fraction of sp³-hybridized carbons (Fsp3) is 0.438. The molecule has 0 bridgehead atoms. The molecule has 1 unspecified atom stereocenters. The lowest BCUT2D eigenvalue weighted by atomic mass is 9.81. The highest BCUT2D eigenvalue weighted by Gasteiger charge is 2.27. The van der Waals surface area contributed by atoms with Crippen molar-refractivity contribution in [3.05, 3.63) is 46.5 Å². The minimum atomic E-state index is 0.401. The molecule has 0 fully saturated rings. The van der Waals surface area contributed by atoms with Crippen molar-refractivity contribution in [3.63, 3.8) is 0 Å². The number of benzene rings is 1. The molecule has 18 heavy (non-hydrogen) atoms. The second-order valence-corrected chi connectivity index (χ2v) is 6.44. The molecule has 1 atom stereocenters. The number of rotatable bonds is 0. The fourth-order valence-electron chi connectivity index (χ4n) is 3.12. The molecule has 0 radical (unpaired) electrons. The third-order valence-corrected chi connectivity index (χ3v) is 5.53. The summed E-state index contributed by atoms with van der Waals surface area (Å²) in [6.07, 6.45) is 6.16. The summed E-state index contributed by atoms with van der Waals surface area (Å²) < 4.78 is 0.401. The first-order chi connectivity index (χ1) is 8.77. The van der Waals surface area contributed by atoms with Gasteiger partial charge in [-0.05, 0) is 54.4 Å². The average Bonchev–Trinajstić information content (AvgIpc) is 2.43. The molecule has 2 aliphatic rings. The summed E-state index contributed by atoms with van der Waals surface area (Å²) in [5.74, 6) is 0.404. The molecule has 0 aromatic heterocycles. The van der Waals surface area contributed by atoms with Gasteiger partial charge in [0.05, 0.1) is 3.92 Å². The number of halogens is 1. The van der Waals surface area contributed by atoms with Gasteiger partial charge in [0, 0.05) is 6.42 Å². The molecule has 2 heteroatoms. The number of Topliss-reactive ketones (excluding diaryl/α,β-unsaturated/α-hetero) is 1. The lowest BCUT2D eigenvalue weighted by Crippen LogP contribution is -2.17. The van der Waals surface area contributed by atoms with Crippen LogP contribution in [0.25, 0.3) is 0 Å². The molecule has 1 nitrogen and oxygen atoms in total. The zero-order chi connectivity index (χ0) is 12.5. The molecular formula is C16H17IO. The van der Waals surface area contributed by atoms with Crippen molar-refractivity contribution < 1.29 is 4.79 Å². The van der Waals surface area contributed by atoms with Crippen LogP contribution < -0.4 is 0 Å². The van der Waals surface area contributed by atoms with Gasteiger partial charge in [0.15, 0.2) is 5.78 Å². The largest absolute Gasteiger partial charge is 0.295 e. The highest BCUT2D eigenvalue weighted by atomic mass is 127. The number of carbonyl (C=O) groups is 1. The average molecular weight is 352 g/mol. The van der Waals surface area contributed by atoms with Crippen molar-refractivity contribution in [1.82, 2.24) is 0 Å². The Kier molecular flexibility index (Phi) is 3.55. The summed E-state index contributed by atoms with van der Waals surface area (Å²) in [7, 11) is 0. The lowest BCUT2D eigenvalue weighted by molar-refractivity contribution is -0.115. The minimum Gasteiger partial charge on any atom is -0.295 e. The normalized spacial score (nSPS) is 24.1. The number of ketones is 1. The highest BCUT2D eigenvalue weighted by Crippen LogP contribution is 2.43. The van der Waals surface area contributed by atoms with Gasteiger partial charge in [-0.1, -0.05) is 46.9 Å². The lowest BCUT2D eigenvalue weighted by Gasteiger charge is -2.27. The number of hydrogen-bond donors (Lipinski definition) is 0. The second-order valence-electron chi connectivity index (χ2n) is 5.20. The van der Waals surface area contributed by atoms with Crippen LogP contribution >= 0.6 is 22.6 Å². The molecule has 0 heterocycles. The first-order valence-corrected chi connectivity index (χ1v) is 7.99. The van der Waals surface area contributed by atoms with E-state index in [4.69, 9.17) is 0 Å². The van der Waals surface area contributed by atoms with E-state index in [1.807, 2.05) is 0 Å². The Morgan fingerprint density at radius 2 is 1.78 bits per heavy atom. The molecule has 0 N–H and O–H groups in total. The highest BCUT2D eigenvalue weighted by molar-refractivity contribution is 14.1. The number of hydrogen-bond acceptors (Lipinski definition) is 1. The Morgan fingerprint density at radius 1 is 1.00 bits per heavy atom. The Hall–Kier alpha value is -0.640. The molecule has 0 saturated heterocycles. The van der Waals surface area contributed by atoms with E-state index in [1.54, 1.807) is 0 Å². The molecule has 94 valence electrons. The van der Waals surface area contributed by atoms with Crippen molar-refractivity contribution in [3.8, 4) is 0 Å². The molecule has 1 aromatic rings. The van der Waals surface area contributed by atoms with Gasteiger partial charge in [0.2, 0.25) is 0 Å². The zero-order valence-electron chi connectivity index (χ0n) is 10.4. The minimum absolute atomic E-state index is 0.401. The van der Waals surface area contributed by atoms with E-state index in [-0.39, 0.29) is 0 Å². The molecule has 0 spiro atoms. The monoisotopic (exact) mass is 352 g/mol. The first-order valence-electron chi connectivity index (χ1n) is 6.74. The van der Waals surface area contributed by atoms with Crippen LogP contribution in [0.15, 0.2) is 35.4 Å². The summed E-state index contributed by atoms with van der Waals surface area (Å²) in [5.41, 5.74) is 5.37. The van der Waals surface area contributed by atoms with Gasteiger partial charge in [-0.2, -0.15) is 0 Å². The molecule has 1 aromatic carbocycles. The maximum absolute atomic E-state index is 12.3. The Labute approximate surface area is 122 Å². The van der Waals surface area contributed by atoms with Crippen LogP contribution in [0.4, 0.5) is 0 Å². The second kappa shape index (κ2) is 5.16.